The van der Waals surface area contributed by atoms with E-state index < -0.39 is 5.97 Å². The molecule has 2 N–H and O–H groups in total. The van der Waals surface area contributed by atoms with Gasteiger partial charge in [0.15, 0.2) is 0 Å². The Morgan fingerprint density at radius 2 is 1.93 bits per heavy atom. The van der Waals surface area contributed by atoms with Crippen molar-refractivity contribution in [3.05, 3.63) is 35.4 Å². The number of aliphatic hydroxyl groups excluding tert-OH is 1. The molecular weight excluding hydrogens is 192 g/mol. The minimum atomic E-state index is -0.820. The van der Waals surface area contributed by atoms with Crippen molar-refractivity contribution in [1.29, 1.82) is 0 Å². The van der Waals surface area contributed by atoms with Gasteiger partial charge in [-0.2, -0.15) is 0 Å². The number of aliphatic hydroxyl groups is 1. The minimum Gasteiger partial charge on any atom is -0.481 e. The van der Waals surface area contributed by atoms with Crippen molar-refractivity contribution in [2.45, 2.75) is 32.3 Å². The summed E-state index contributed by atoms with van der Waals surface area (Å²) in [4.78, 5) is 10.6. The highest BCUT2D eigenvalue weighted by atomic mass is 16.4. The monoisotopic (exact) mass is 208 g/mol. The van der Waals surface area contributed by atoms with Crippen LogP contribution < -0.4 is 0 Å². The van der Waals surface area contributed by atoms with Gasteiger partial charge in [0.1, 0.15) is 0 Å². The molecule has 3 nitrogen and oxygen atoms in total. The number of benzene rings is 1. The number of aryl methyl sites for hydroxylation is 1. The Kier molecular flexibility index (Phi) is 4.31. The molecule has 0 aliphatic rings. The SMILES string of the molecule is CC(O)CCc1ccccc1CC(=O)O. The minimum absolute atomic E-state index is 0.0516. The molecule has 0 heterocycles. The lowest BCUT2D eigenvalue weighted by atomic mass is 9.99. The number of hydrogen-bond donors (Lipinski definition) is 2. The van der Waals surface area contributed by atoms with Gasteiger partial charge in [-0.15, -0.1) is 0 Å². The Morgan fingerprint density at radius 3 is 2.47 bits per heavy atom. The van der Waals surface area contributed by atoms with E-state index in [2.05, 4.69) is 0 Å². The fraction of sp³-hybridized carbons (Fsp3) is 0.417. The topological polar surface area (TPSA) is 57.5 Å². The third-order valence-corrected chi connectivity index (χ3v) is 2.29. The van der Waals surface area contributed by atoms with Gasteiger partial charge in [-0.1, -0.05) is 24.3 Å². The van der Waals surface area contributed by atoms with Crippen molar-refractivity contribution >= 4 is 5.97 Å². The van der Waals surface area contributed by atoms with Crippen LogP contribution in [0.15, 0.2) is 24.3 Å². The first-order chi connectivity index (χ1) is 7.09. The van der Waals surface area contributed by atoms with Gasteiger partial charge < -0.3 is 10.2 Å². The van der Waals surface area contributed by atoms with E-state index in [1.54, 1.807) is 6.92 Å². The second-order valence-corrected chi connectivity index (χ2v) is 3.73. The average Bonchev–Trinajstić information content (AvgIpc) is 2.15. The molecule has 0 amide bonds. The zero-order chi connectivity index (χ0) is 11.3. The maximum atomic E-state index is 10.6. The number of rotatable bonds is 5. The van der Waals surface area contributed by atoms with Crippen LogP contribution in [0.1, 0.15) is 24.5 Å². The molecule has 1 rings (SSSR count). The molecule has 1 atom stereocenters. The van der Waals surface area contributed by atoms with Crippen molar-refractivity contribution in [3.63, 3.8) is 0 Å². The number of carboxylic acid groups (broad SMARTS) is 1. The lowest BCUT2D eigenvalue weighted by molar-refractivity contribution is -0.136. The van der Waals surface area contributed by atoms with Crippen molar-refractivity contribution in [2.24, 2.45) is 0 Å². The Labute approximate surface area is 89.4 Å². The highest BCUT2D eigenvalue weighted by molar-refractivity contribution is 5.70. The summed E-state index contributed by atoms with van der Waals surface area (Å²) in [7, 11) is 0. The van der Waals surface area contributed by atoms with Gasteiger partial charge in [-0.25, -0.2) is 0 Å². The molecule has 0 aromatic heterocycles. The average molecular weight is 208 g/mol. The fourth-order valence-corrected chi connectivity index (χ4v) is 1.50. The van der Waals surface area contributed by atoms with E-state index in [4.69, 9.17) is 5.11 Å². The van der Waals surface area contributed by atoms with E-state index in [0.29, 0.717) is 6.42 Å². The summed E-state index contributed by atoms with van der Waals surface area (Å²) in [5, 5.41) is 17.9. The van der Waals surface area contributed by atoms with Gasteiger partial charge in [0.25, 0.3) is 0 Å². The Balaban J connectivity index is 2.72. The van der Waals surface area contributed by atoms with Gasteiger partial charge in [0.2, 0.25) is 0 Å². The van der Waals surface area contributed by atoms with Crippen molar-refractivity contribution in [3.8, 4) is 0 Å². The molecule has 0 spiro atoms. The maximum Gasteiger partial charge on any atom is 0.307 e. The van der Waals surface area contributed by atoms with Gasteiger partial charge >= 0.3 is 5.97 Å². The first-order valence-electron chi connectivity index (χ1n) is 5.06. The normalized spacial score (nSPS) is 12.4. The molecule has 0 aliphatic heterocycles. The van der Waals surface area contributed by atoms with Crippen LogP contribution in [0.2, 0.25) is 0 Å². The van der Waals surface area contributed by atoms with Gasteiger partial charge in [0, 0.05) is 0 Å². The van der Waals surface area contributed by atoms with E-state index in [-0.39, 0.29) is 12.5 Å². The van der Waals surface area contributed by atoms with E-state index in [0.717, 1.165) is 17.5 Å². The summed E-state index contributed by atoms with van der Waals surface area (Å²) in [5.41, 5.74) is 1.85. The molecular formula is C12H16O3. The molecule has 1 aromatic rings. The van der Waals surface area contributed by atoms with Crippen LogP contribution in [0.25, 0.3) is 0 Å². The van der Waals surface area contributed by atoms with E-state index in [1.165, 1.54) is 0 Å². The standard InChI is InChI=1S/C12H16O3/c1-9(13)6-7-10-4-2-3-5-11(10)8-12(14)15/h2-5,9,13H,6-8H2,1H3,(H,14,15). The molecule has 15 heavy (non-hydrogen) atoms. The second kappa shape index (κ2) is 5.51. The quantitative estimate of drug-likeness (QED) is 0.773. The summed E-state index contributed by atoms with van der Waals surface area (Å²) in [6, 6.07) is 7.47. The van der Waals surface area contributed by atoms with Crippen LogP contribution in [-0.4, -0.2) is 22.3 Å². The van der Waals surface area contributed by atoms with Crippen LogP contribution in [0, 0.1) is 0 Å². The van der Waals surface area contributed by atoms with E-state index in [9.17, 15) is 9.90 Å². The van der Waals surface area contributed by atoms with Crippen molar-refractivity contribution in [1.82, 2.24) is 0 Å². The van der Waals surface area contributed by atoms with Crippen molar-refractivity contribution < 1.29 is 15.0 Å². The van der Waals surface area contributed by atoms with Gasteiger partial charge in [0.05, 0.1) is 12.5 Å². The lowest BCUT2D eigenvalue weighted by Gasteiger charge is -2.08. The third-order valence-electron chi connectivity index (χ3n) is 2.29. The smallest absolute Gasteiger partial charge is 0.307 e. The summed E-state index contributed by atoms with van der Waals surface area (Å²) < 4.78 is 0. The largest absolute Gasteiger partial charge is 0.481 e. The van der Waals surface area contributed by atoms with Gasteiger partial charge in [-0.3, -0.25) is 4.79 Å². The highest BCUT2D eigenvalue weighted by Crippen LogP contribution is 2.12. The molecule has 3 heteroatoms. The first kappa shape index (κ1) is 11.7. The fourth-order valence-electron chi connectivity index (χ4n) is 1.50. The van der Waals surface area contributed by atoms with E-state index in [1.807, 2.05) is 24.3 Å². The maximum absolute atomic E-state index is 10.6. The van der Waals surface area contributed by atoms with Crippen LogP contribution >= 0.6 is 0 Å². The Bertz CT molecular complexity index is 331. The first-order valence-corrected chi connectivity index (χ1v) is 5.06. The van der Waals surface area contributed by atoms with Crippen LogP contribution in [0.3, 0.4) is 0 Å². The molecule has 1 unspecified atom stereocenters. The number of hydrogen-bond acceptors (Lipinski definition) is 2. The lowest BCUT2D eigenvalue weighted by Crippen LogP contribution is -2.06. The van der Waals surface area contributed by atoms with Gasteiger partial charge in [-0.05, 0) is 30.9 Å². The van der Waals surface area contributed by atoms with E-state index >= 15 is 0 Å². The van der Waals surface area contributed by atoms with Crippen molar-refractivity contribution in [2.75, 3.05) is 0 Å². The molecule has 82 valence electrons. The summed E-state index contributed by atoms with van der Waals surface area (Å²) in [6.45, 7) is 1.74. The predicted octanol–water partition coefficient (Wildman–Crippen LogP) is 1.63. The number of aliphatic carboxylic acids is 1. The third kappa shape index (κ3) is 4.13. The number of carboxylic acids is 1. The molecule has 0 aliphatic carbocycles. The van der Waals surface area contributed by atoms with Crippen LogP contribution in [-0.2, 0) is 17.6 Å². The molecule has 1 aromatic carbocycles. The Hall–Kier alpha value is -1.35. The summed E-state index contributed by atoms with van der Waals surface area (Å²) >= 11 is 0. The zero-order valence-corrected chi connectivity index (χ0v) is 8.81. The molecule has 0 saturated heterocycles. The second-order valence-electron chi connectivity index (χ2n) is 3.73. The predicted molar refractivity (Wildman–Crippen MR) is 57.8 cm³/mol. The molecule has 0 saturated carbocycles. The molecule has 0 bridgehead atoms. The van der Waals surface area contributed by atoms with Crippen LogP contribution in [0.5, 0.6) is 0 Å². The zero-order valence-electron chi connectivity index (χ0n) is 8.81. The summed E-state index contributed by atoms with van der Waals surface area (Å²) in [6.07, 6.45) is 1.09. The summed E-state index contributed by atoms with van der Waals surface area (Å²) in [5.74, 6) is -0.820. The number of carbonyl (C=O) groups is 1. The molecule has 0 fully saturated rings. The van der Waals surface area contributed by atoms with Crippen LogP contribution in [0.4, 0.5) is 0 Å². The Morgan fingerprint density at radius 1 is 1.33 bits per heavy atom. The molecule has 0 radical (unpaired) electrons. The highest BCUT2D eigenvalue weighted by Gasteiger charge is 2.06.